The Morgan fingerprint density at radius 2 is 2.09 bits per heavy atom. The zero-order chi connectivity index (χ0) is 23.2. The molecule has 0 spiro atoms. The maximum atomic E-state index is 12.0. The van der Waals surface area contributed by atoms with Gasteiger partial charge in [0, 0.05) is 31.5 Å². The molecule has 2 aromatic heterocycles. The number of aromatic nitrogens is 2. The van der Waals surface area contributed by atoms with Crippen LogP contribution in [0.2, 0.25) is 0 Å². The number of nitrogens with zero attached hydrogens (tertiary/aromatic N) is 5. The van der Waals surface area contributed by atoms with Crippen molar-refractivity contribution in [1.82, 2.24) is 20.8 Å². The van der Waals surface area contributed by atoms with Gasteiger partial charge in [0.05, 0.1) is 12.0 Å². The molecular weight excluding hydrogens is 434 g/mol. The number of hydrogen-bond acceptors (Lipinski definition) is 10. The number of carbonyl (C=O) groups excluding carboxylic acids is 2. The molecule has 0 aromatic carbocycles. The van der Waals surface area contributed by atoms with Crippen molar-refractivity contribution in [3.8, 4) is 11.6 Å². The highest BCUT2D eigenvalue weighted by molar-refractivity contribution is 5.86. The van der Waals surface area contributed by atoms with Crippen LogP contribution in [0.4, 0.5) is 5.88 Å². The molecule has 13 heteroatoms. The molecule has 0 saturated carbocycles. The van der Waals surface area contributed by atoms with Crippen LogP contribution in [0.5, 0.6) is 0 Å². The standard InChI is InChI=1S/C20H19N7O6/c28-15(7-8-16-23-19(26-33-16)14-6-9-17(32-14)27(30)31)21-10-3-11-22-18-12-4-1-2-5-13(12)20(29)25-24-18/h1-2,4-6,9,13,22H,3,7-8,10-11H2,(H,21,28). The summed E-state index contributed by atoms with van der Waals surface area (Å²) >= 11 is 0. The van der Waals surface area contributed by atoms with Gasteiger partial charge in [-0.15, -0.1) is 10.2 Å². The number of carbonyl (C=O) groups is 2. The molecule has 33 heavy (non-hydrogen) atoms. The molecule has 0 bridgehead atoms. The summed E-state index contributed by atoms with van der Waals surface area (Å²) in [6.07, 6.45) is 8.25. The average molecular weight is 453 g/mol. The Kier molecular flexibility index (Phi) is 6.48. The first-order valence-electron chi connectivity index (χ1n) is 10.1. The molecule has 1 unspecified atom stereocenters. The molecule has 0 saturated heterocycles. The summed E-state index contributed by atoms with van der Waals surface area (Å²) in [7, 11) is 0. The third-order valence-corrected chi connectivity index (χ3v) is 4.81. The van der Waals surface area contributed by atoms with Gasteiger partial charge in [-0.05, 0) is 12.5 Å². The quantitative estimate of drug-likeness (QED) is 0.310. The number of nitro groups is 1. The van der Waals surface area contributed by atoms with Crippen LogP contribution >= 0.6 is 0 Å². The van der Waals surface area contributed by atoms with Crippen LogP contribution in [0, 0.1) is 16.0 Å². The van der Waals surface area contributed by atoms with E-state index in [0.29, 0.717) is 25.3 Å². The number of allylic oxidation sites excluding steroid dienone is 3. The Labute approximate surface area is 186 Å². The van der Waals surface area contributed by atoms with Crippen LogP contribution in [0.1, 0.15) is 18.7 Å². The molecule has 13 nitrogen and oxygen atoms in total. The first-order chi connectivity index (χ1) is 16.0. The number of azo groups is 1. The molecular formula is C20H19N7O6. The molecule has 1 aliphatic heterocycles. The van der Waals surface area contributed by atoms with Gasteiger partial charge in [-0.3, -0.25) is 19.7 Å². The van der Waals surface area contributed by atoms with Gasteiger partial charge in [-0.1, -0.05) is 29.5 Å². The van der Waals surface area contributed by atoms with E-state index in [1.54, 1.807) is 12.2 Å². The van der Waals surface area contributed by atoms with E-state index < -0.39 is 16.7 Å². The lowest BCUT2D eigenvalue weighted by molar-refractivity contribution is -0.401. The van der Waals surface area contributed by atoms with Gasteiger partial charge in [0.25, 0.3) is 5.91 Å². The molecule has 1 aliphatic carbocycles. The highest BCUT2D eigenvalue weighted by atomic mass is 16.6. The summed E-state index contributed by atoms with van der Waals surface area (Å²) in [5.41, 5.74) is 0.782. The molecule has 0 radical (unpaired) electrons. The van der Waals surface area contributed by atoms with Gasteiger partial charge in [0.2, 0.25) is 17.6 Å². The van der Waals surface area contributed by atoms with Gasteiger partial charge < -0.3 is 19.6 Å². The van der Waals surface area contributed by atoms with Crippen LogP contribution in [-0.2, 0) is 16.0 Å². The van der Waals surface area contributed by atoms with Crippen LogP contribution in [0.15, 0.2) is 67.0 Å². The Bertz CT molecular complexity index is 1190. The van der Waals surface area contributed by atoms with E-state index in [0.717, 1.165) is 5.57 Å². The number of amides is 2. The summed E-state index contributed by atoms with van der Waals surface area (Å²) < 4.78 is 10.1. The average Bonchev–Trinajstić information content (AvgIpc) is 3.49. The van der Waals surface area contributed by atoms with Gasteiger partial charge >= 0.3 is 5.88 Å². The number of nitrogens with one attached hydrogen (secondary N) is 2. The van der Waals surface area contributed by atoms with Crippen LogP contribution < -0.4 is 10.6 Å². The Morgan fingerprint density at radius 3 is 2.91 bits per heavy atom. The molecule has 2 aliphatic rings. The van der Waals surface area contributed by atoms with Gasteiger partial charge in [-0.25, -0.2) is 0 Å². The van der Waals surface area contributed by atoms with Crippen molar-refractivity contribution >= 4 is 17.7 Å². The zero-order valence-electron chi connectivity index (χ0n) is 17.3. The lowest BCUT2D eigenvalue weighted by Gasteiger charge is -2.20. The second-order valence-corrected chi connectivity index (χ2v) is 7.10. The predicted molar refractivity (Wildman–Crippen MR) is 111 cm³/mol. The van der Waals surface area contributed by atoms with Crippen molar-refractivity contribution < 1.29 is 23.5 Å². The van der Waals surface area contributed by atoms with Gasteiger partial charge in [0.1, 0.15) is 4.92 Å². The minimum atomic E-state index is -0.664. The Hall–Kier alpha value is -4.42. The van der Waals surface area contributed by atoms with Crippen molar-refractivity contribution in [2.45, 2.75) is 19.3 Å². The monoisotopic (exact) mass is 453 g/mol. The second kappa shape index (κ2) is 9.80. The first kappa shape index (κ1) is 21.8. The normalized spacial score (nSPS) is 16.7. The predicted octanol–water partition coefficient (Wildman–Crippen LogP) is 2.21. The third kappa shape index (κ3) is 5.26. The summed E-state index contributed by atoms with van der Waals surface area (Å²) in [6, 6.07) is 2.57. The van der Waals surface area contributed by atoms with E-state index in [4.69, 9.17) is 8.94 Å². The fourth-order valence-corrected chi connectivity index (χ4v) is 3.17. The summed E-state index contributed by atoms with van der Waals surface area (Å²) in [4.78, 5) is 37.9. The van der Waals surface area contributed by atoms with Crippen molar-refractivity contribution in [3.05, 3.63) is 63.8 Å². The summed E-state index contributed by atoms with van der Waals surface area (Å²) in [6.45, 7) is 0.980. The maximum absolute atomic E-state index is 12.0. The van der Waals surface area contributed by atoms with Gasteiger partial charge in [0.15, 0.2) is 11.6 Å². The molecule has 0 fully saturated rings. The molecule has 2 N–H and O–H groups in total. The van der Waals surface area contributed by atoms with Crippen molar-refractivity contribution in [1.29, 1.82) is 0 Å². The lowest BCUT2D eigenvalue weighted by atomic mass is 9.93. The lowest BCUT2D eigenvalue weighted by Crippen LogP contribution is -2.28. The Balaban J connectivity index is 1.16. The smallest absolute Gasteiger partial charge is 0.397 e. The van der Waals surface area contributed by atoms with Gasteiger partial charge in [-0.2, -0.15) is 4.98 Å². The minimum Gasteiger partial charge on any atom is -0.397 e. The molecule has 2 amide bonds. The fourth-order valence-electron chi connectivity index (χ4n) is 3.17. The number of fused-ring (bicyclic) bond motifs is 1. The van der Waals surface area contributed by atoms with E-state index in [2.05, 4.69) is 31.0 Å². The second-order valence-electron chi connectivity index (χ2n) is 7.10. The van der Waals surface area contributed by atoms with E-state index >= 15 is 0 Å². The molecule has 1 atom stereocenters. The SMILES string of the molecule is O=C(CCc1nc(-c2ccc([N+](=O)[O-])o2)no1)NCCCNC1=C2C=CC=CC2C(=O)N=N1. The molecule has 170 valence electrons. The summed E-state index contributed by atoms with van der Waals surface area (Å²) in [5.74, 6) is -0.339. The van der Waals surface area contributed by atoms with E-state index in [9.17, 15) is 19.7 Å². The third-order valence-electron chi connectivity index (χ3n) is 4.81. The number of hydrogen-bond donors (Lipinski definition) is 2. The van der Waals surface area contributed by atoms with E-state index in [1.165, 1.54) is 12.1 Å². The van der Waals surface area contributed by atoms with E-state index in [-0.39, 0.29) is 42.1 Å². The van der Waals surface area contributed by atoms with Crippen molar-refractivity contribution in [3.63, 3.8) is 0 Å². The number of rotatable bonds is 10. The highest BCUT2D eigenvalue weighted by Gasteiger charge is 2.27. The number of furan rings is 1. The van der Waals surface area contributed by atoms with Crippen molar-refractivity contribution in [2.24, 2.45) is 16.1 Å². The topological polar surface area (TPSA) is 178 Å². The van der Waals surface area contributed by atoms with Crippen LogP contribution in [-0.4, -0.2) is 40.0 Å². The largest absolute Gasteiger partial charge is 0.433 e. The minimum absolute atomic E-state index is 0.0760. The molecule has 2 aromatic rings. The van der Waals surface area contributed by atoms with Crippen molar-refractivity contribution in [2.75, 3.05) is 13.1 Å². The summed E-state index contributed by atoms with van der Waals surface area (Å²) in [5, 5.41) is 27.9. The maximum Gasteiger partial charge on any atom is 0.433 e. The zero-order valence-corrected chi connectivity index (χ0v) is 17.3. The molecule has 3 heterocycles. The first-order valence-corrected chi connectivity index (χ1v) is 10.1. The molecule has 4 rings (SSSR count). The Morgan fingerprint density at radius 1 is 1.21 bits per heavy atom. The van der Waals surface area contributed by atoms with Crippen LogP contribution in [0.3, 0.4) is 0 Å². The van der Waals surface area contributed by atoms with E-state index in [1.807, 2.05) is 12.2 Å². The fraction of sp³-hybridized carbons (Fsp3) is 0.300. The number of aryl methyl sites for hydroxylation is 1. The highest BCUT2D eigenvalue weighted by Crippen LogP contribution is 2.27. The van der Waals surface area contributed by atoms with Crippen LogP contribution in [0.25, 0.3) is 11.6 Å².